The second-order valence-electron chi connectivity index (χ2n) is 3.85. The summed E-state index contributed by atoms with van der Waals surface area (Å²) in [4.78, 5) is 21.4. The topological polar surface area (TPSA) is 74.6 Å². The lowest BCUT2D eigenvalue weighted by atomic mass is 9.97. The molecule has 0 bridgehead atoms. The van der Waals surface area contributed by atoms with Crippen molar-refractivity contribution in [2.75, 3.05) is 0 Å². The van der Waals surface area contributed by atoms with E-state index in [2.05, 4.69) is 0 Å². The van der Waals surface area contributed by atoms with Crippen LogP contribution in [0.2, 0.25) is 0 Å². The van der Waals surface area contributed by atoms with Crippen molar-refractivity contribution in [2.24, 2.45) is 5.92 Å². The molecule has 0 aliphatic heterocycles. The molecule has 4 heteroatoms. The zero-order chi connectivity index (χ0) is 12.3. The molecule has 0 heterocycles. The fourth-order valence-electron chi connectivity index (χ4n) is 1.45. The Kier molecular flexibility index (Phi) is 3.66. The van der Waals surface area contributed by atoms with Gasteiger partial charge in [-0.1, -0.05) is 18.2 Å². The van der Waals surface area contributed by atoms with Gasteiger partial charge in [-0.25, -0.2) is 0 Å². The van der Waals surface area contributed by atoms with Gasteiger partial charge in [0.05, 0.1) is 0 Å². The minimum Gasteiger partial charge on any atom is -0.481 e. The molecule has 0 aliphatic rings. The van der Waals surface area contributed by atoms with Crippen LogP contribution in [0.25, 0.3) is 0 Å². The maximum absolute atomic E-state index is 10.7. The quantitative estimate of drug-likeness (QED) is 0.759. The van der Waals surface area contributed by atoms with Gasteiger partial charge in [-0.15, -0.1) is 0 Å². The smallest absolute Gasteiger partial charge is 0.318 e. The van der Waals surface area contributed by atoms with Crippen LogP contribution in [0.15, 0.2) is 18.2 Å². The standard InChI is InChI=1S/C12H14O4/c1-7-3-4-9(5-8(7)2)6-10(11(13)14)12(15)16/h3-5,10H,6H2,1-2H3,(H,13,14)(H,15,16). The van der Waals surface area contributed by atoms with Crippen molar-refractivity contribution >= 4 is 11.9 Å². The summed E-state index contributed by atoms with van der Waals surface area (Å²) >= 11 is 0. The highest BCUT2D eigenvalue weighted by Crippen LogP contribution is 2.14. The number of hydrogen-bond donors (Lipinski definition) is 2. The number of benzene rings is 1. The summed E-state index contributed by atoms with van der Waals surface area (Å²) in [6.07, 6.45) is 0.0196. The van der Waals surface area contributed by atoms with Crippen LogP contribution < -0.4 is 0 Å². The van der Waals surface area contributed by atoms with Crippen LogP contribution in [0.3, 0.4) is 0 Å². The molecule has 0 atom stereocenters. The maximum Gasteiger partial charge on any atom is 0.318 e. The number of rotatable bonds is 4. The Labute approximate surface area is 93.5 Å². The molecule has 1 aromatic carbocycles. The second kappa shape index (κ2) is 4.79. The third kappa shape index (κ3) is 2.82. The molecule has 1 rings (SSSR count). The Hall–Kier alpha value is -1.84. The molecule has 0 saturated carbocycles. The summed E-state index contributed by atoms with van der Waals surface area (Å²) < 4.78 is 0. The van der Waals surface area contributed by atoms with E-state index in [9.17, 15) is 9.59 Å². The van der Waals surface area contributed by atoms with Crippen molar-refractivity contribution in [3.63, 3.8) is 0 Å². The Balaban J connectivity index is 2.90. The predicted molar refractivity (Wildman–Crippen MR) is 58.4 cm³/mol. The van der Waals surface area contributed by atoms with E-state index in [4.69, 9.17) is 10.2 Å². The van der Waals surface area contributed by atoms with E-state index in [1.165, 1.54) is 0 Å². The highest BCUT2D eigenvalue weighted by atomic mass is 16.4. The Morgan fingerprint density at radius 3 is 2.12 bits per heavy atom. The first-order chi connectivity index (χ1) is 7.41. The number of carbonyl (C=O) groups is 2. The number of aryl methyl sites for hydroxylation is 2. The van der Waals surface area contributed by atoms with Crippen molar-refractivity contribution in [1.29, 1.82) is 0 Å². The molecule has 0 aromatic heterocycles. The molecule has 0 spiro atoms. The van der Waals surface area contributed by atoms with Crippen LogP contribution in [0, 0.1) is 19.8 Å². The van der Waals surface area contributed by atoms with Gasteiger partial charge in [0.2, 0.25) is 0 Å². The summed E-state index contributed by atoms with van der Waals surface area (Å²) in [7, 11) is 0. The van der Waals surface area contributed by atoms with Gasteiger partial charge >= 0.3 is 11.9 Å². The Morgan fingerprint density at radius 2 is 1.69 bits per heavy atom. The lowest BCUT2D eigenvalue weighted by Crippen LogP contribution is -2.25. The van der Waals surface area contributed by atoms with E-state index in [-0.39, 0.29) is 6.42 Å². The van der Waals surface area contributed by atoms with Crippen LogP contribution in [0.1, 0.15) is 16.7 Å². The molecule has 86 valence electrons. The van der Waals surface area contributed by atoms with Crippen molar-refractivity contribution in [3.8, 4) is 0 Å². The Morgan fingerprint density at radius 1 is 1.12 bits per heavy atom. The number of carboxylic acids is 2. The predicted octanol–water partition coefficient (Wildman–Crippen LogP) is 1.63. The zero-order valence-electron chi connectivity index (χ0n) is 9.23. The van der Waals surface area contributed by atoms with E-state index in [1.807, 2.05) is 26.0 Å². The van der Waals surface area contributed by atoms with Gasteiger partial charge in [-0.05, 0) is 37.0 Å². The fourth-order valence-corrected chi connectivity index (χ4v) is 1.45. The van der Waals surface area contributed by atoms with Crippen LogP contribution >= 0.6 is 0 Å². The minimum absolute atomic E-state index is 0.0196. The first kappa shape index (κ1) is 12.2. The fraction of sp³-hybridized carbons (Fsp3) is 0.333. The largest absolute Gasteiger partial charge is 0.481 e. The van der Waals surface area contributed by atoms with Crippen LogP contribution in [0.4, 0.5) is 0 Å². The molecule has 0 fully saturated rings. The number of hydrogen-bond acceptors (Lipinski definition) is 2. The van der Waals surface area contributed by atoms with Crippen molar-refractivity contribution in [3.05, 3.63) is 34.9 Å². The molecule has 2 N–H and O–H groups in total. The van der Waals surface area contributed by atoms with Gasteiger partial charge < -0.3 is 10.2 Å². The normalized spacial score (nSPS) is 10.4. The van der Waals surface area contributed by atoms with Crippen molar-refractivity contribution in [2.45, 2.75) is 20.3 Å². The van der Waals surface area contributed by atoms with Gasteiger partial charge in [0.25, 0.3) is 0 Å². The molecule has 0 saturated heterocycles. The lowest BCUT2D eigenvalue weighted by molar-refractivity contribution is -0.154. The van der Waals surface area contributed by atoms with E-state index >= 15 is 0 Å². The summed E-state index contributed by atoms with van der Waals surface area (Å²) in [5.41, 5.74) is 2.87. The second-order valence-corrected chi connectivity index (χ2v) is 3.85. The Bertz CT molecular complexity index is 409. The van der Waals surface area contributed by atoms with Gasteiger partial charge in [-0.3, -0.25) is 9.59 Å². The third-order valence-electron chi connectivity index (χ3n) is 2.61. The molecule has 1 aromatic rings. The average Bonchev–Trinajstić information content (AvgIpc) is 2.18. The maximum atomic E-state index is 10.7. The highest BCUT2D eigenvalue weighted by Gasteiger charge is 2.25. The van der Waals surface area contributed by atoms with E-state index in [1.54, 1.807) is 6.07 Å². The number of carboxylic acid groups (broad SMARTS) is 2. The van der Waals surface area contributed by atoms with Crippen molar-refractivity contribution in [1.82, 2.24) is 0 Å². The monoisotopic (exact) mass is 222 g/mol. The summed E-state index contributed by atoms with van der Waals surface area (Å²) in [5, 5.41) is 17.5. The average molecular weight is 222 g/mol. The summed E-state index contributed by atoms with van der Waals surface area (Å²) in [6, 6.07) is 5.46. The SMILES string of the molecule is Cc1ccc(CC(C(=O)O)C(=O)O)cc1C. The van der Waals surface area contributed by atoms with Crippen LogP contribution in [0.5, 0.6) is 0 Å². The van der Waals surface area contributed by atoms with Gasteiger partial charge in [0, 0.05) is 0 Å². The molecule has 0 unspecified atom stereocenters. The molecule has 4 nitrogen and oxygen atoms in total. The lowest BCUT2D eigenvalue weighted by Gasteiger charge is -2.09. The van der Waals surface area contributed by atoms with E-state index in [0.29, 0.717) is 0 Å². The molecule has 0 radical (unpaired) electrons. The van der Waals surface area contributed by atoms with Crippen molar-refractivity contribution < 1.29 is 19.8 Å². The van der Waals surface area contributed by atoms with Crippen LogP contribution in [-0.2, 0) is 16.0 Å². The molecular weight excluding hydrogens is 208 g/mol. The third-order valence-corrected chi connectivity index (χ3v) is 2.61. The molecule has 0 aliphatic carbocycles. The first-order valence-corrected chi connectivity index (χ1v) is 4.93. The molecule has 0 amide bonds. The van der Waals surface area contributed by atoms with Crippen LogP contribution in [-0.4, -0.2) is 22.2 Å². The summed E-state index contributed by atoms with van der Waals surface area (Å²) in [6.45, 7) is 3.86. The minimum atomic E-state index is -1.37. The van der Waals surface area contributed by atoms with Gasteiger partial charge in [0.15, 0.2) is 5.92 Å². The highest BCUT2D eigenvalue weighted by molar-refractivity contribution is 5.93. The molecule has 16 heavy (non-hydrogen) atoms. The van der Waals surface area contributed by atoms with Gasteiger partial charge in [0.1, 0.15) is 0 Å². The zero-order valence-corrected chi connectivity index (χ0v) is 9.23. The van der Waals surface area contributed by atoms with E-state index < -0.39 is 17.9 Å². The first-order valence-electron chi connectivity index (χ1n) is 4.93. The van der Waals surface area contributed by atoms with Gasteiger partial charge in [-0.2, -0.15) is 0 Å². The van der Waals surface area contributed by atoms with E-state index in [0.717, 1.165) is 16.7 Å². The molecular formula is C12H14O4. The number of aliphatic carboxylic acids is 2. The summed E-state index contributed by atoms with van der Waals surface area (Å²) in [5.74, 6) is -3.97.